The average molecular weight is 244 g/mol. The largest absolute Gasteiger partial charge is 0.360 e. The van der Waals surface area contributed by atoms with E-state index in [1.165, 1.54) is 12.1 Å². The van der Waals surface area contributed by atoms with Gasteiger partial charge in [0, 0.05) is 12.1 Å². The van der Waals surface area contributed by atoms with Crippen molar-refractivity contribution in [3.05, 3.63) is 29.8 Å². The van der Waals surface area contributed by atoms with Crippen LogP contribution < -0.4 is 10.6 Å². The first-order chi connectivity index (χ1) is 7.52. The van der Waals surface area contributed by atoms with Gasteiger partial charge < -0.3 is 10.6 Å². The third kappa shape index (κ3) is 3.73. The van der Waals surface area contributed by atoms with Crippen LogP contribution in [-0.4, -0.2) is 11.2 Å². The van der Waals surface area contributed by atoms with E-state index in [9.17, 15) is 8.78 Å². The minimum Gasteiger partial charge on any atom is -0.360 e. The van der Waals surface area contributed by atoms with Crippen molar-refractivity contribution in [3.63, 3.8) is 0 Å². The fraction of sp³-hybridized carbons (Fsp3) is 0.364. The van der Waals surface area contributed by atoms with Gasteiger partial charge in [-0.15, -0.1) is 0 Å². The molecule has 0 spiro atoms. The second-order valence-corrected chi connectivity index (χ2v) is 3.94. The Morgan fingerprint density at radius 1 is 1.44 bits per heavy atom. The monoisotopic (exact) mass is 244 g/mol. The van der Waals surface area contributed by atoms with Crippen LogP contribution in [-0.2, 0) is 0 Å². The van der Waals surface area contributed by atoms with E-state index in [0.717, 1.165) is 12.5 Å². The first-order valence-electron chi connectivity index (χ1n) is 5.05. The van der Waals surface area contributed by atoms with Crippen LogP contribution in [0.15, 0.2) is 18.2 Å². The van der Waals surface area contributed by atoms with Gasteiger partial charge >= 0.3 is 0 Å². The van der Waals surface area contributed by atoms with Crippen molar-refractivity contribution in [2.45, 2.75) is 26.3 Å². The molecule has 88 valence electrons. The highest BCUT2D eigenvalue weighted by Gasteiger charge is 2.06. The third-order valence-corrected chi connectivity index (χ3v) is 2.39. The smallest absolute Gasteiger partial charge is 0.171 e. The Morgan fingerprint density at radius 3 is 2.69 bits per heavy atom. The summed E-state index contributed by atoms with van der Waals surface area (Å²) in [4.78, 5) is 0. The molecule has 0 radical (unpaired) electrons. The third-order valence-electron chi connectivity index (χ3n) is 2.17. The van der Waals surface area contributed by atoms with Crippen LogP contribution >= 0.6 is 12.2 Å². The predicted molar refractivity (Wildman–Crippen MR) is 65.5 cm³/mol. The number of halogens is 2. The van der Waals surface area contributed by atoms with Crippen LogP contribution in [0.3, 0.4) is 0 Å². The Kier molecular flexibility index (Phi) is 4.61. The predicted octanol–water partition coefficient (Wildman–Crippen LogP) is 3.05. The maximum absolute atomic E-state index is 13.2. The van der Waals surface area contributed by atoms with Crippen molar-refractivity contribution in [2.24, 2.45) is 0 Å². The molecular weight excluding hydrogens is 230 g/mol. The maximum atomic E-state index is 13.2. The second kappa shape index (κ2) is 5.75. The van der Waals surface area contributed by atoms with Gasteiger partial charge in [-0.05, 0) is 37.7 Å². The van der Waals surface area contributed by atoms with E-state index >= 15 is 0 Å². The fourth-order valence-electron chi connectivity index (χ4n) is 1.08. The highest BCUT2D eigenvalue weighted by molar-refractivity contribution is 7.80. The Labute approximate surface area is 99.0 Å². The minimum absolute atomic E-state index is 0.169. The number of anilines is 1. The molecular formula is C11H14F2N2S. The van der Waals surface area contributed by atoms with Crippen molar-refractivity contribution in [1.82, 2.24) is 5.32 Å². The molecule has 0 aliphatic rings. The zero-order valence-corrected chi connectivity index (χ0v) is 10.00. The zero-order valence-electron chi connectivity index (χ0n) is 9.18. The minimum atomic E-state index is -0.659. The standard InChI is InChI=1S/C11H14F2N2S/c1-3-7(2)14-11(16)15-10-5-4-8(12)6-9(10)13/h4-7H,3H2,1-2H3,(H2,14,15,16). The van der Waals surface area contributed by atoms with E-state index < -0.39 is 11.6 Å². The van der Waals surface area contributed by atoms with E-state index in [2.05, 4.69) is 10.6 Å². The van der Waals surface area contributed by atoms with Gasteiger partial charge in [0.1, 0.15) is 11.6 Å². The van der Waals surface area contributed by atoms with Gasteiger partial charge in [0.15, 0.2) is 5.11 Å². The molecule has 0 saturated heterocycles. The highest BCUT2D eigenvalue weighted by Crippen LogP contribution is 2.14. The van der Waals surface area contributed by atoms with E-state index in [1.54, 1.807) is 0 Å². The molecule has 0 aliphatic heterocycles. The molecule has 5 heteroatoms. The Balaban J connectivity index is 2.63. The van der Waals surface area contributed by atoms with Crippen molar-refractivity contribution in [3.8, 4) is 0 Å². The van der Waals surface area contributed by atoms with Crippen LogP contribution in [0.1, 0.15) is 20.3 Å². The van der Waals surface area contributed by atoms with E-state index in [0.29, 0.717) is 5.11 Å². The van der Waals surface area contributed by atoms with Gasteiger partial charge in [0.05, 0.1) is 5.69 Å². The molecule has 0 fully saturated rings. The quantitative estimate of drug-likeness (QED) is 0.799. The molecule has 1 aromatic carbocycles. The number of thiocarbonyl (C=S) groups is 1. The first-order valence-corrected chi connectivity index (χ1v) is 5.46. The molecule has 0 saturated carbocycles. The average Bonchev–Trinajstić information content (AvgIpc) is 2.22. The molecule has 1 unspecified atom stereocenters. The number of hydrogen-bond donors (Lipinski definition) is 2. The lowest BCUT2D eigenvalue weighted by molar-refractivity contribution is 0.585. The zero-order chi connectivity index (χ0) is 12.1. The summed E-state index contributed by atoms with van der Waals surface area (Å²) in [6.07, 6.45) is 0.910. The lowest BCUT2D eigenvalue weighted by Crippen LogP contribution is -2.35. The molecule has 0 heterocycles. The molecule has 0 aliphatic carbocycles. The van der Waals surface area contributed by atoms with E-state index in [4.69, 9.17) is 12.2 Å². The number of rotatable bonds is 3. The first kappa shape index (κ1) is 12.8. The maximum Gasteiger partial charge on any atom is 0.171 e. The highest BCUT2D eigenvalue weighted by atomic mass is 32.1. The molecule has 1 rings (SSSR count). The summed E-state index contributed by atoms with van der Waals surface area (Å²) >= 11 is 4.99. The Hall–Kier alpha value is -1.23. The molecule has 0 bridgehead atoms. The van der Waals surface area contributed by atoms with Crippen molar-refractivity contribution in [2.75, 3.05) is 5.32 Å². The summed E-state index contributed by atoms with van der Waals surface area (Å²) in [5, 5.41) is 5.99. The number of benzene rings is 1. The normalized spacial score (nSPS) is 12.0. The molecule has 1 aromatic rings. The van der Waals surface area contributed by atoms with Crippen molar-refractivity contribution < 1.29 is 8.78 Å². The summed E-state index contributed by atoms with van der Waals surface area (Å²) in [6.45, 7) is 3.98. The molecule has 1 atom stereocenters. The van der Waals surface area contributed by atoms with Gasteiger partial charge in [-0.3, -0.25) is 0 Å². The van der Waals surface area contributed by atoms with Crippen molar-refractivity contribution >= 4 is 23.0 Å². The molecule has 16 heavy (non-hydrogen) atoms. The Morgan fingerprint density at radius 2 is 2.12 bits per heavy atom. The van der Waals surface area contributed by atoms with Crippen LogP contribution in [0, 0.1) is 11.6 Å². The molecule has 2 nitrogen and oxygen atoms in total. The summed E-state index contributed by atoms with van der Waals surface area (Å²) in [6, 6.07) is 3.52. The van der Waals surface area contributed by atoms with Crippen LogP contribution in [0.25, 0.3) is 0 Å². The fourth-order valence-corrected chi connectivity index (χ4v) is 1.39. The molecule has 0 aromatic heterocycles. The van der Waals surface area contributed by atoms with Gasteiger partial charge in [0.2, 0.25) is 0 Å². The van der Waals surface area contributed by atoms with E-state index in [-0.39, 0.29) is 11.7 Å². The van der Waals surface area contributed by atoms with Crippen LogP contribution in [0.2, 0.25) is 0 Å². The van der Waals surface area contributed by atoms with Crippen LogP contribution in [0.5, 0.6) is 0 Å². The summed E-state index contributed by atoms with van der Waals surface area (Å²) < 4.78 is 25.9. The lowest BCUT2D eigenvalue weighted by atomic mass is 10.3. The van der Waals surface area contributed by atoms with Gasteiger partial charge in [0.25, 0.3) is 0 Å². The van der Waals surface area contributed by atoms with Gasteiger partial charge in [-0.1, -0.05) is 6.92 Å². The SMILES string of the molecule is CCC(C)NC(=S)Nc1ccc(F)cc1F. The van der Waals surface area contributed by atoms with Crippen LogP contribution in [0.4, 0.5) is 14.5 Å². The topological polar surface area (TPSA) is 24.1 Å². The van der Waals surface area contributed by atoms with Gasteiger partial charge in [-0.25, -0.2) is 8.78 Å². The van der Waals surface area contributed by atoms with Crippen molar-refractivity contribution in [1.29, 1.82) is 0 Å². The number of hydrogen-bond acceptors (Lipinski definition) is 1. The Bertz CT molecular complexity index is 382. The lowest BCUT2D eigenvalue weighted by Gasteiger charge is -2.15. The molecule has 2 N–H and O–H groups in total. The second-order valence-electron chi connectivity index (χ2n) is 3.53. The molecule has 0 amide bonds. The summed E-state index contributed by atoms with van der Waals surface area (Å²) in [5.74, 6) is -1.27. The summed E-state index contributed by atoms with van der Waals surface area (Å²) in [5.41, 5.74) is 0.169. The van der Waals surface area contributed by atoms with E-state index in [1.807, 2.05) is 13.8 Å². The van der Waals surface area contributed by atoms with Gasteiger partial charge in [-0.2, -0.15) is 0 Å². The number of nitrogens with one attached hydrogen (secondary N) is 2. The summed E-state index contributed by atoms with van der Waals surface area (Å²) in [7, 11) is 0.